The lowest BCUT2D eigenvalue weighted by Crippen LogP contribution is -2.39. The molecule has 0 aliphatic heterocycles. The zero-order valence-corrected chi connectivity index (χ0v) is 21.0. The zero-order valence-electron chi connectivity index (χ0n) is 21.0. The highest BCUT2D eigenvalue weighted by atomic mass is 16.5. The first-order chi connectivity index (χ1) is 15.2. The molecule has 0 aliphatic carbocycles. The summed E-state index contributed by atoms with van der Waals surface area (Å²) in [6.07, 6.45) is 4.30. The predicted octanol–water partition coefficient (Wildman–Crippen LogP) is 2.02. The normalized spacial score (nSPS) is 10.1. The number of aliphatic hydroxyl groups is 4. The van der Waals surface area contributed by atoms with E-state index in [0.717, 1.165) is 32.1 Å². The monoisotopic (exact) mass is 455 g/mol. The van der Waals surface area contributed by atoms with E-state index < -0.39 is 0 Å². The minimum Gasteiger partial charge on any atom is -0.396 e. The van der Waals surface area contributed by atoms with Crippen molar-refractivity contribution < 1.29 is 34.7 Å². The first-order valence-electron chi connectivity index (χ1n) is 12.0. The third-order valence-corrected chi connectivity index (χ3v) is 3.81. The molecular formula is C23H53NO7. The Morgan fingerprint density at radius 2 is 1.10 bits per heavy atom. The molecule has 0 amide bonds. The second-order valence-electron chi connectivity index (χ2n) is 6.20. The zero-order chi connectivity index (χ0) is 24.8. The van der Waals surface area contributed by atoms with Crippen molar-refractivity contribution in [2.45, 2.75) is 73.3 Å². The van der Waals surface area contributed by atoms with E-state index in [0.29, 0.717) is 19.6 Å². The summed E-state index contributed by atoms with van der Waals surface area (Å²) in [6.45, 7) is 13.5. The first-order valence-corrected chi connectivity index (χ1v) is 12.0. The highest BCUT2D eigenvalue weighted by Gasteiger charge is 2.13. The van der Waals surface area contributed by atoms with Crippen LogP contribution in [0, 0.1) is 11.8 Å². The number of ether oxygens (including phenoxy) is 2. The quantitative estimate of drug-likeness (QED) is 0.148. The molecule has 5 N–H and O–H groups in total. The van der Waals surface area contributed by atoms with Crippen LogP contribution >= 0.6 is 0 Å². The third-order valence-electron chi connectivity index (χ3n) is 3.81. The summed E-state index contributed by atoms with van der Waals surface area (Å²) in [4.78, 5) is 10.3. The summed E-state index contributed by atoms with van der Waals surface area (Å²) >= 11 is 0. The summed E-state index contributed by atoms with van der Waals surface area (Å²) in [5.41, 5.74) is 0. The van der Waals surface area contributed by atoms with Gasteiger partial charge < -0.3 is 40.0 Å². The molecule has 0 aromatic carbocycles. The second-order valence-corrected chi connectivity index (χ2v) is 6.20. The lowest BCUT2D eigenvalue weighted by Gasteiger charge is -2.21. The van der Waals surface area contributed by atoms with Gasteiger partial charge in [0.15, 0.2) is 0 Å². The Morgan fingerprint density at radius 3 is 1.45 bits per heavy atom. The molecule has 0 fully saturated rings. The number of aliphatic hydroxyl groups excluding tert-OH is 4. The van der Waals surface area contributed by atoms with Gasteiger partial charge in [0, 0.05) is 18.3 Å². The van der Waals surface area contributed by atoms with Crippen molar-refractivity contribution in [3.63, 3.8) is 0 Å². The lowest BCUT2D eigenvalue weighted by molar-refractivity contribution is -0.107. The van der Waals surface area contributed by atoms with Crippen LogP contribution < -0.4 is 5.32 Å². The number of unbranched alkanes of at least 4 members (excludes halogenated alkanes) is 3. The molecule has 0 saturated heterocycles. The van der Waals surface area contributed by atoms with Crippen LogP contribution in [0.1, 0.15) is 67.2 Å². The van der Waals surface area contributed by atoms with E-state index in [-0.39, 0.29) is 57.5 Å². The van der Waals surface area contributed by atoms with Crippen LogP contribution in [0.15, 0.2) is 0 Å². The van der Waals surface area contributed by atoms with Crippen molar-refractivity contribution in [3.05, 3.63) is 0 Å². The molecule has 0 aromatic heterocycles. The summed E-state index contributed by atoms with van der Waals surface area (Å²) in [5.74, 6) is -0.587. The van der Waals surface area contributed by atoms with Crippen molar-refractivity contribution in [1.82, 2.24) is 5.32 Å². The molecule has 0 radical (unpaired) electrons. The van der Waals surface area contributed by atoms with Gasteiger partial charge in [0.25, 0.3) is 0 Å². The van der Waals surface area contributed by atoms with Crippen molar-refractivity contribution in [2.24, 2.45) is 11.8 Å². The summed E-state index contributed by atoms with van der Waals surface area (Å²) in [5, 5.41) is 39.5. The van der Waals surface area contributed by atoms with E-state index in [1.54, 1.807) is 0 Å². The van der Waals surface area contributed by atoms with Crippen LogP contribution in [-0.4, -0.2) is 92.2 Å². The average Bonchev–Trinajstić information content (AvgIpc) is 2.85. The van der Waals surface area contributed by atoms with Crippen LogP contribution in [-0.2, 0) is 14.3 Å². The van der Waals surface area contributed by atoms with Crippen LogP contribution in [0.4, 0.5) is 0 Å². The lowest BCUT2D eigenvalue weighted by atomic mass is 10.2. The van der Waals surface area contributed by atoms with Gasteiger partial charge >= 0.3 is 0 Å². The van der Waals surface area contributed by atoms with Gasteiger partial charge in [-0.15, -0.1) is 0 Å². The van der Waals surface area contributed by atoms with E-state index in [2.05, 4.69) is 5.32 Å². The maximum absolute atomic E-state index is 10.3. The molecule has 31 heavy (non-hydrogen) atoms. The largest absolute Gasteiger partial charge is 0.396 e. The van der Waals surface area contributed by atoms with Crippen LogP contribution in [0.2, 0.25) is 0 Å². The second kappa shape index (κ2) is 36.7. The molecule has 0 aliphatic rings. The van der Waals surface area contributed by atoms with Gasteiger partial charge in [0.05, 0.1) is 58.9 Å². The fourth-order valence-corrected chi connectivity index (χ4v) is 2.08. The van der Waals surface area contributed by atoms with Crippen molar-refractivity contribution in [2.75, 3.05) is 59.4 Å². The van der Waals surface area contributed by atoms with E-state index in [1.165, 1.54) is 0 Å². The minimum atomic E-state index is -0.293. The van der Waals surface area contributed by atoms with E-state index in [4.69, 9.17) is 29.9 Å². The van der Waals surface area contributed by atoms with Crippen LogP contribution in [0.5, 0.6) is 0 Å². The number of carbonyl (C=O) groups excluding carboxylic acids is 1. The molecule has 8 nitrogen and oxygen atoms in total. The number of hydrogen-bond acceptors (Lipinski definition) is 8. The van der Waals surface area contributed by atoms with Gasteiger partial charge in [-0.3, -0.25) is 0 Å². The first kappa shape index (κ1) is 37.7. The number of nitrogens with one attached hydrogen (secondary N) is 1. The Morgan fingerprint density at radius 1 is 0.677 bits per heavy atom. The third kappa shape index (κ3) is 29.4. The van der Waals surface area contributed by atoms with Crippen molar-refractivity contribution in [3.8, 4) is 0 Å². The molecule has 0 bridgehead atoms. The predicted molar refractivity (Wildman–Crippen MR) is 127 cm³/mol. The minimum absolute atomic E-state index is 0.0675. The highest BCUT2D eigenvalue weighted by Crippen LogP contribution is 2.01. The molecule has 0 heterocycles. The average molecular weight is 456 g/mol. The summed E-state index contributed by atoms with van der Waals surface area (Å²) in [7, 11) is 0. The Hall–Kier alpha value is -0.610. The van der Waals surface area contributed by atoms with E-state index >= 15 is 0 Å². The van der Waals surface area contributed by atoms with Gasteiger partial charge in [-0.2, -0.15) is 0 Å². The Balaban J connectivity index is -0.000000554. The fraction of sp³-hybridized carbons (Fsp3) is 0.957. The van der Waals surface area contributed by atoms with Gasteiger partial charge in [0.1, 0.15) is 6.29 Å². The maximum atomic E-state index is 10.3. The molecule has 0 atom stereocenters. The fourth-order valence-electron chi connectivity index (χ4n) is 2.08. The molecule has 0 saturated carbocycles. The number of hydrogen-bond donors (Lipinski definition) is 5. The molecule has 0 spiro atoms. The Bertz CT molecular complexity index is 271. The summed E-state index contributed by atoms with van der Waals surface area (Å²) in [6, 6.07) is -0.0675. The highest BCUT2D eigenvalue weighted by molar-refractivity contribution is 5.48. The molecule has 192 valence electrons. The van der Waals surface area contributed by atoms with Crippen molar-refractivity contribution >= 4 is 6.29 Å². The van der Waals surface area contributed by atoms with Gasteiger partial charge in [0.2, 0.25) is 0 Å². The van der Waals surface area contributed by atoms with Crippen LogP contribution in [0.25, 0.3) is 0 Å². The number of rotatable bonds is 19. The molecule has 0 aromatic rings. The Labute approximate surface area is 191 Å². The Kier molecular flexibility index (Phi) is 44.7. The van der Waals surface area contributed by atoms with Crippen molar-refractivity contribution in [1.29, 1.82) is 0 Å². The van der Waals surface area contributed by atoms with Crippen LogP contribution in [0.3, 0.4) is 0 Å². The molecule has 8 heteroatoms. The van der Waals surface area contributed by atoms with Gasteiger partial charge in [-0.25, -0.2) is 0 Å². The molecular weight excluding hydrogens is 402 g/mol. The molecule has 0 unspecified atom stereocenters. The van der Waals surface area contributed by atoms with Gasteiger partial charge in [-0.1, -0.05) is 48.0 Å². The maximum Gasteiger partial charge on any atom is 0.119 e. The number of carbonyl (C=O) groups is 1. The smallest absolute Gasteiger partial charge is 0.119 e. The van der Waals surface area contributed by atoms with E-state index in [9.17, 15) is 4.79 Å². The van der Waals surface area contributed by atoms with Gasteiger partial charge in [-0.05, 0) is 19.4 Å². The topological polar surface area (TPSA) is 128 Å². The summed E-state index contributed by atoms with van der Waals surface area (Å²) < 4.78 is 11.1. The number of aldehydes is 1. The van der Waals surface area contributed by atoms with E-state index in [1.807, 2.05) is 41.5 Å². The standard InChI is InChI=1S/C17H35NO7.3C2H6/c19-6-4-2-1-3-5-18-17(13-24-11-15(7-20)8-21)14-25-12-16(9-22)10-23;3*1-2/h6,15-18,20-23H,1-5,7-14H2;3*1-2H3. The SMILES string of the molecule is CC.CC.CC.O=CCCCCCNC(COCC(CO)CO)COCC(CO)CO. The molecule has 0 rings (SSSR count).